The van der Waals surface area contributed by atoms with Gasteiger partial charge in [-0.15, -0.1) is 0 Å². The predicted molar refractivity (Wildman–Crippen MR) is 57.3 cm³/mol. The maximum atomic E-state index is 12.7. The molecule has 1 rings (SSSR count). The highest BCUT2D eigenvalue weighted by molar-refractivity contribution is 6.34. The summed E-state index contributed by atoms with van der Waals surface area (Å²) in [4.78, 5) is 4.13. The molecule has 0 heterocycles. The first kappa shape index (κ1) is 11.0. The van der Waals surface area contributed by atoms with E-state index in [1.165, 1.54) is 18.2 Å². The Hall–Kier alpha value is -1.09. The first-order valence-electron chi connectivity index (χ1n) is 4.29. The van der Waals surface area contributed by atoms with Crippen molar-refractivity contribution in [3.05, 3.63) is 34.6 Å². The molecule has 2 N–H and O–H groups in total. The average molecular weight is 215 g/mol. The molecule has 0 aliphatic heterocycles. The molecule has 0 amide bonds. The van der Waals surface area contributed by atoms with Gasteiger partial charge in [0.2, 0.25) is 0 Å². The highest BCUT2D eigenvalue weighted by atomic mass is 35.5. The van der Waals surface area contributed by atoms with Gasteiger partial charge in [0.15, 0.2) is 0 Å². The van der Waals surface area contributed by atoms with Crippen LogP contribution in [-0.2, 0) is 0 Å². The Kier molecular flexibility index (Phi) is 3.47. The second-order valence-electron chi connectivity index (χ2n) is 3.23. The van der Waals surface area contributed by atoms with Crippen molar-refractivity contribution in [1.82, 2.24) is 0 Å². The zero-order chi connectivity index (χ0) is 10.7. The van der Waals surface area contributed by atoms with Gasteiger partial charge in [-0.3, -0.25) is 4.99 Å². The standard InChI is InChI=1S/C10H12ClFN2/c1-6(2)14-10(13)8-4-3-7(12)5-9(8)11/h3-6H,1-2H3,(H2,13,14). The summed E-state index contributed by atoms with van der Waals surface area (Å²) in [5.74, 6) is -0.0407. The van der Waals surface area contributed by atoms with Crippen molar-refractivity contribution in [3.8, 4) is 0 Å². The second kappa shape index (κ2) is 4.42. The number of aliphatic imine (C=N–C) groups is 1. The SMILES string of the molecule is CC(C)N=C(N)c1ccc(F)cc1Cl. The molecule has 0 atom stereocenters. The molecule has 0 aliphatic rings. The molecule has 0 bridgehead atoms. The molecule has 0 aliphatic carbocycles. The molecule has 1 aromatic carbocycles. The van der Waals surface area contributed by atoms with Crippen molar-refractivity contribution in [2.24, 2.45) is 10.7 Å². The molecular weight excluding hydrogens is 203 g/mol. The van der Waals surface area contributed by atoms with E-state index in [0.29, 0.717) is 11.4 Å². The molecule has 0 spiro atoms. The van der Waals surface area contributed by atoms with Crippen molar-refractivity contribution in [3.63, 3.8) is 0 Å². The minimum absolute atomic E-state index is 0.0936. The highest BCUT2D eigenvalue weighted by Crippen LogP contribution is 2.17. The van der Waals surface area contributed by atoms with E-state index in [0.717, 1.165) is 0 Å². The lowest BCUT2D eigenvalue weighted by Crippen LogP contribution is -2.16. The number of hydrogen-bond donors (Lipinski definition) is 1. The average Bonchev–Trinajstić information content (AvgIpc) is 2.01. The summed E-state index contributed by atoms with van der Waals surface area (Å²) in [6, 6.07) is 4.15. The van der Waals surface area contributed by atoms with E-state index >= 15 is 0 Å². The third kappa shape index (κ3) is 2.70. The molecule has 0 unspecified atom stereocenters. The molecule has 4 heteroatoms. The van der Waals surface area contributed by atoms with Crippen LogP contribution in [0.2, 0.25) is 5.02 Å². The topological polar surface area (TPSA) is 38.4 Å². The maximum Gasteiger partial charge on any atom is 0.127 e. The van der Waals surface area contributed by atoms with E-state index in [1.54, 1.807) is 0 Å². The van der Waals surface area contributed by atoms with E-state index in [2.05, 4.69) is 4.99 Å². The van der Waals surface area contributed by atoms with Crippen LogP contribution in [-0.4, -0.2) is 11.9 Å². The number of benzene rings is 1. The Morgan fingerprint density at radius 3 is 2.64 bits per heavy atom. The van der Waals surface area contributed by atoms with E-state index in [4.69, 9.17) is 17.3 Å². The van der Waals surface area contributed by atoms with E-state index in [-0.39, 0.29) is 16.9 Å². The Morgan fingerprint density at radius 2 is 2.14 bits per heavy atom. The smallest absolute Gasteiger partial charge is 0.127 e. The zero-order valence-corrected chi connectivity index (χ0v) is 8.85. The van der Waals surface area contributed by atoms with Gasteiger partial charge in [0, 0.05) is 11.6 Å². The van der Waals surface area contributed by atoms with Crippen LogP contribution in [0.4, 0.5) is 4.39 Å². The summed E-state index contributed by atoms with van der Waals surface area (Å²) in [6.45, 7) is 3.81. The van der Waals surface area contributed by atoms with Gasteiger partial charge in [-0.1, -0.05) is 11.6 Å². The Bertz CT molecular complexity index is 361. The highest BCUT2D eigenvalue weighted by Gasteiger charge is 2.05. The van der Waals surface area contributed by atoms with Gasteiger partial charge in [-0.05, 0) is 32.0 Å². The fourth-order valence-electron chi connectivity index (χ4n) is 1.04. The van der Waals surface area contributed by atoms with Crippen LogP contribution in [0.15, 0.2) is 23.2 Å². The van der Waals surface area contributed by atoms with Gasteiger partial charge in [-0.25, -0.2) is 4.39 Å². The largest absolute Gasteiger partial charge is 0.383 e. The maximum absolute atomic E-state index is 12.7. The molecule has 1 aromatic rings. The number of hydrogen-bond acceptors (Lipinski definition) is 1. The molecule has 0 aromatic heterocycles. The summed E-state index contributed by atoms with van der Waals surface area (Å²) < 4.78 is 12.7. The summed E-state index contributed by atoms with van der Waals surface area (Å²) >= 11 is 5.81. The molecular formula is C10H12ClFN2. The molecule has 14 heavy (non-hydrogen) atoms. The fraction of sp³-hybridized carbons (Fsp3) is 0.300. The molecule has 0 radical (unpaired) electrons. The van der Waals surface area contributed by atoms with Crippen LogP contribution in [0.25, 0.3) is 0 Å². The molecule has 0 saturated carbocycles. The first-order chi connectivity index (χ1) is 6.50. The fourth-order valence-corrected chi connectivity index (χ4v) is 1.31. The normalized spacial score (nSPS) is 12.2. The Labute approximate surface area is 87.6 Å². The van der Waals surface area contributed by atoms with E-state index in [9.17, 15) is 4.39 Å². The van der Waals surface area contributed by atoms with Gasteiger partial charge < -0.3 is 5.73 Å². The van der Waals surface area contributed by atoms with E-state index < -0.39 is 0 Å². The zero-order valence-electron chi connectivity index (χ0n) is 8.09. The predicted octanol–water partition coefficient (Wildman–Crippen LogP) is 2.59. The number of rotatable bonds is 2. The van der Waals surface area contributed by atoms with Crippen LogP contribution in [0.5, 0.6) is 0 Å². The third-order valence-electron chi connectivity index (χ3n) is 1.60. The minimum atomic E-state index is -0.379. The Morgan fingerprint density at radius 1 is 1.50 bits per heavy atom. The molecule has 0 saturated heterocycles. The summed E-state index contributed by atoms with van der Waals surface area (Å²) in [7, 11) is 0. The van der Waals surface area contributed by atoms with Crippen molar-refractivity contribution in [2.45, 2.75) is 19.9 Å². The minimum Gasteiger partial charge on any atom is -0.383 e. The van der Waals surface area contributed by atoms with Crippen LogP contribution >= 0.6 is 11.6 Å². The van der Waals surface area contributed by atoms with Crippen molar-refractivity contribution in [1.29, 1.82) is 0 Å². The van der Waals surface area contributed by atoms with Gasteiger partial charge in [-0.2, -0.15) is 0 Å². The quantitative estimate of drug-likeness (QED) is 0.597. The lowest BCUT2D eigenvalue weighted by Gasteiger charge is -2.05. The molecule has 2 nitrogen and oxygen atoms in total. The van der Waals surface area contributed by atoms with Crippen LogP contribution < -0.4 is 5.73 Å². The number of amidine groups is 1. The van der Waals surface area contributed by atoms with Gasteiger partial charge in [0.25, 0.3) is 0 Å². The van der Waals surface area contributed by atoms with Crippen LogP contribution in [0.3, 0.4) is 0 Å². The molecule has 0 fully saturated rings. The first-order valence-corrected chi connectivity index (χ1v) is 4.67. The van der Waals surface area contributed by atoms with Crippen LogP contribution in [0.1, 0.15) is 19.4 Å². The van der Waals surface area contributed by atoms with Gasteiger partial charge in [0.1, 0.15) is 11.7 Å². The monoisotopic (exact) mass is 214 g/mol. The lowest BCUT2D eigenvalue weighted by atomic mass is 10.2. The van der Waals surface area contributed by atoms with Crippen molar-refractivity contribution < 1.29 is 4.39 Å². The van der Waals surface area contributed by atoms with Crippen molar-refractivity contribution in [2.75, 3.05) is 0 Å². The third-order valence-corrected chi connectivity index (χ3v) is 1.92. The van der Waals surface area contributed by atoms with Gasteiger partial charge in [0.05, 0.1) is 5.02 Å². The number of halogens is 2. The van der Waals surface area contributed by atoms with Crippen LogP contribution in [0, 0.1) is 5.82 Å². The molecule has 76 valence electrons. The Balaban J connectivity index is 3.07. The van der Waals surface area contributed by atoms with Gasteiger partial charge >= 0.3 is 0 Å². The number of nitrogens with two attached hydrogens (primary N) is 1. The summed E-state index contributed by atoms with van der Waals surface area (Å²) in [5, 5.41) is 0.284. The second-order valence-corrected chi connectivity index (χ2v) is 3.64. The number of nitrogens with zero attached hydrogens (tertiary/aromatic N) is 1. The lowest BCUT2D eigenvalue weighted by molar-refractivity contribution is 0.628. The van der Waals surface area contributed by atoms with Crippen molar-refractivity contribution >= 4 is 17.4 Å². The summed E-state index contributed by atoms with van der Waals surface area (Å²) in [6.07, 6.45) is 0. The summed E-state index contributed by atoms with van der Waals surface area (Å²) in [5.41, 5.74) is 6.26. The van der Waals surface area contributed by atoms with E-state index in [1.807, 2.05) is 13.8 Å².